The molecule has 8 heteroatoms. The number of nitrogens with one attached hydrogen (secondary N) is 4. The monoisotopic (exact) mass is 293 g/mol. The smallest absolute Gasteiger partial charge is 0.404 e. The number of aromatic amines is 1. The summed E-state index contributed by atoms with van der Waals surface area (Å²) in [6.45, 7) is 0.449. The van der Waals surface area contributed by atoms with Gasteiger partial charge in [0.25, 0.3) is 0 Å². The van der Waals surface area contributed by atoms with Crippen molar-refractivity contribution in [3.8, 4) is 0 Å². The Morgan fingerprint density at radius 1 is 1.29 bits per heavy atom. The van der Waals surface area contributed by atoms with E-state index in [-0.39, 0.29) is 23.5 Å². The van der Waals surface area contributed by atoms with E-state index >= 15 is 0 Å². The molecule has 1 aromatic rings. The largest absolute Gasteiger partial charge is 0.465 e. The number of aromatic nitrogens is 2. The van der Waals surface area contributed by atoms with Crippen LogP contribution in [0.4, 0.5) is 9.59 Å². The van der Waals surface area contributed by atoms with Crippen molar-refractivity contribution >= 4 is 12.1 Å². The molecule has 0 unspecified atom stereocenters. The molecule has 0 saturated heterocycles. The van der Waals surface area contributed by atoms with Crippen molar-refractivity contribution in [2.75, 3.05) is 0 Å². The van der Waals surface area contributed by atoms with Crippen LogP contribution in [0.25, 0.3) is 0 Å². The summed E-state index contributed by atoms with van der Waals surface area (Å²) in [6.07, 6.45) is 6.09. The number of carboxylic acid groups (broad SMARTS) is 1. The molecule has 5 N–H and O–H groups in total. The van der Waals surface area contributed by atoms with Gasteiger partial charge in [-0.1, -0.05) is 0 Å². The summed E-state index contributed by atoms with van der Waals surface area (Å²) < 4.78 is 0. The lowest BCUT2D eigenvalue weighted by Crippen LogP contribution is -2.61. The molecule has 2 saturated carbocycles. The van der Waals surface area contributed by atoms with Gasteiger partial charge in [0.1, 0.15) is 0 Å². The summed E-state index contributed by atoms with van der Waals surface area (Å²) in [6, 6.07) is 0.106. The van der Waals surface area contributed by atoms with E-state index in [1.807, 2.05) is 0 Å². The van der Waals surface area contributed by atoms with E-state index in [1.165, 1.54) is 0 Å². The summed E-state index contributed by atoms with van der Waals surface area (Å²) in [7, 11) is 0. The van der Waals surface area contributed by atoms with Crippen molar-refractivity contribution in [3.63, 3.8) is 0 Å². The zero-order valence-corrected chi connectivity index (χ0v) is 11.6. The van der Waals surface area contributed by atoms with Gasteiger partial charge in [0, 0.05) is 30.4 Å². The van der Waals surface area contributed by atoms with Gasteiger partial charge < -0.3 is 21.1 Å². The molecule has 2 fully saturated rings. The fourth-order valence-electron chi connectivity index (χ4n) is 3.48. The lowest BCUT2D eigenvalue weighted by atomic mass is 9.52. The first kappa shape index (κ1) is 13.7. The molecule has 0 atom stereocenters. The molecule has 2 aliphatic rings. The van der Waals surface area contributed by atoms with Gasteiger partial charge in [0.05, 0.1) is 6.20 Å². The Morgan fingerprint density at radius 3 is 2.52 bits per heavy atom. The van der Waals surface area contributed by atoms with Crippen LogP contribution in [0.5, 0.6) is 0 Å². The molecular formula is C13H19N5O3. The molecule has 114 valence electrons. The first-order valence-electron chi connectivity index (χ1n) is 7.06. The lowest BCUT2D eigenvalue weighted by Gasteiger charge is -2.57. The van der Waals surface area contributed by atoms with Gasteiger partial charge in [-0.2, -0.15) is 5.10 Å². The van der Waals surface area contributed by atoms with Gasteiger partial charge in [-0.3, -0.25) is 5.10 Å². The van der Waals surface area contributed by atoms with Crippen LogP contribution in [0.3, 0.4) is 0 Å². The van der Waals surface area contributed by atoms with Crippen LogP contribution in [-0.2, 0) is 6.54 Å². The van der Waals surface area contributed by atoms with Crippen LogP contribution in [-0.4, -0.2) is 39.5 Å². The highest BCUT2D eigenvalue weighted by atomic mass is 16.4. The zero-order chi connectivity index (χ0) is 14.9. The second-order valence-corrected chi connectivity index (χ2v) is 6.09. The van der Waals surface area contributed by atoms with Crippen LogP contribution in [0.15, 0.2) is 12.4 Å². The molecule has 3 rings (SSSR count). The highest BCUT2D eigenvalue weighted by Gasteiger charge is 2.53. The number of nitrogens with zero attached hydrogens (tertiary/aromatic N) is 1. The molecule has 1 heterocycles. The van der Waals surface area contributed by atoms with E-state index in [1.54, 1.807) is 12.4 Å². The molecule has 8 nitrogen and oxygen atoms in total. The van der Waals surface area contributed by atoms with Crippen LogP contribution in [0, 0.1) is 5.41 Å². The van der Waals surface area contributed by atoms with Gasteiger partial charge in [-0.05, 0) is 31.1 Å². The second kappa shape index (κ2) is 5.27. The minimum Gasteiger partial charge on any atom is -0.465 e. The predicted octanol–water partition coefficient (Wildman–Crippen LogP) is 0.788. The third kappa shape index (κ3) is 3.09. The molecule has 0 radical (unpaired) electrons. The molecule has 0 aromatic carbocycles. The third-order valence-corrected chi connectivity index (χ3v) is 4.39. The summed E-state index contributed by atoms with van der Waals surface area (Å²) in [5.41, 5.74) is 1.17. The number of carbonyl (C=O) groups is 2. The van der Waals surface area contributed by atoms with Crippen molar-refractivity contribution in [1.29, 1.82) is 0 Å². The first-order chi connectivity index (χ1) is 10.0. The summed E-state index contributed by atoms with van der Waals surface area (Å²) >= 11 is 0. The van der Waals surface area contributed by atoms with E-state index in [2.05, 4.69) is 26.1 Å². The average molecular weight is 293 g/mol. The molecule has 2 aliphatic carbocycles. The van der Waals surface area contributed by atoms with Crippen molar-refractivity contribution in [2.45, 2.75) is 44.3 Å². The normalized spacial score (nSPS) is 30.1. The maximum atomic E-state index is 11.7. The molecule has 21 heavy (non-hydrogen) atoms. The maximum Gasteiger partial charge on any atom is 0.404 e. The quantitative estimate of drug-likeness (QED) is 0.563. The third-order valence-electron chi connectivity index (χ3n) is 4.39. The lowest BCUT2D eigenvalue weighted by molar-refractivity contribution is -0.0237. The van der Waals surface area contributed by atoms with Crippen LogP contribution in [0.1, 0.15) is 31.2 Å². The van der Waals surface area contributed by atoms with Crippen LogP contribution in [0.2, 0.25) is 0 Å². The van der Waals surface area contributed by atoms with Gasteiger partial charge in [-0.15, -0.1) is 0 Å². The molecule has 1 spiro atoms. The Balaban J connectivity index is 1.32. The van der Waals surface area contributed by atoms with E-state index in [0.29, 0.717) is 6.54 Å². The van der Waals surface area contributed by atoms with Crippen LogP contribution >= 0.6 is 0 Å². The van der Waals surface area contributed by atoms with Gasteiger partial charge in [-0.25, -0.2) is 9.59 Å². The van der Waals surface area contributed by atoms with E-state index in [4.69, 9.17) is 5.11 Å². The topological polar surface area (TPSA) is 119 Å². The Labute approximate surface area is 121 Å². The minimum absolute atomic E-state index is 0.0818. The summed E-state index contributed by atoms with van der Waals surface area (Å²) in [5.74, 6) is 0. The molecule has 3 amide bonds. The standard InChI is InChI=1S/C13H19N5O3/c19-11(14-5-8-6-15-16-7-8)17-9-1-13(2-9)3-10(4-13)18-12(20)21/h6-7,9-10,18H,1-5H2,(H,15,16)(H,20,21)(H2,14,17,19). The van der Waals surface area contributed by atoms with Crippen molar-refractivity contribution in [2.24, 2.45) is 5.41 Å². The number of urea groups is 1. The number of rotatable bonds is 4. The molecule has 0 aliphatic heterocycles. The fourth-order valence-corrected chi connectivity index (χ4v) is 3.48. The molecule has 1 aromatic heterocycles. The molecular weight excluding hydrogens is 274 g/mol. The minimum atomic E-state index is -0.956. The Morgan fingerprint density at radius 2 is 1.95 bits per heavy atom. The van der Waals surface area contributed by atoms with Crippen molar-refractivity contribution in [3.05, 3.63) is 18.0 Å². The van der Waals surface area contributed by atoms with Gasteiger partial charge in [0.15, 0.2) is 0 Å². The number of hydrogen-bond acceptors (Lipinski definition) is 3. The van der Waals surface area contributed by atoms with E-state index < -0.39 is 6.09 Å². The highest BCUT2D eigenvalue weighted by Crippen LogP contribution is 2.55. The maximum absolute atomic E-state index is 11.7. The Kier molecular flexibility index (Phi) is 3.44. The van der Waals surface area contributed by atoms with Gasteiger partial charge in [0.2, 0.25) is 0 Å². The predicted molar refractivity (Wildman–Crippen MR) is 73.6 cm³/mol. The molecule has 0 bridgehead atoms. The summed E-state index contributed by atoms with van der Waals surface area (Å²) in [5, 5.41) is 23.4. The number of amides is 3. The Hall–Kier alpha value is -2.25. The number of hydrogen-bond donors (Lipinski definition) is 5. The van der Waals surface area contributed by atoms with Crippen molar-refractivity contribution < 1.29 is 14.7 Å². The fraction of sp³-hybridized carbons (Fsp3) is 0.615. The highest BCUT2D eigenvalue weighted by molar-refractivity contribution is 5.74. The van der Waals surface area contributed by atoms with Gasteiger partial charge >= 0.3 is 12.1 Å². The Bertz CT molecular complexity index is 516. The average Bonchev–Trinajstić information content (AvgIpc) is 2.83. The number of H-pyrrole nitrogens is 1. The SMILES string of the molecule is O=C(O)NC1CC2(C1)CC(NC(=O)NCc1cn[nH]c1)C2. The van der Waals surface area contributed by atoms with Crippen LogP contribution < -0.4 is 16.0 Å². The number of carbonyl (C=O) groups excluding carboxylic acids is 1. The first-order valence-corrected chi connectivity index (χ1v) is 7.06. The zero-order valence-electron chi connectivity index (χ0n) is 11.6. The summed E-state index contributed by atoms with van der Waals surface area (Å²) in [4.78, 5) is 22.2. The van der Waals surface area contributed by atoms with E-state index in [0.717, 1.165) is 31.2 Å². The van der Waals surface area contributed by atoms with E-state index in [9.17, 15) is 9.59 Å². The van der Waals surface area contributed by atoms with Crippen molar-refractivity contribution in [1.82, 2.24) is 26.1 Å². The second-order valence-electron chi connectivity index (χ2n) is 6.09.